The number of guanidine groups is 2. The summed E-state index contributed by atoms with van der Waals surface area (Å²) < 4.78 is 33.5. The molecule has 32 heteroatoms. The van der Waals surface area contributed by atoms with Crippen molar-refractivity contribution in [1.82, 2.24) is 42.5 Å². The van der Waals surface area contributed by atoms with Crippen LogP contribution in [0.15, 0.2) is 9.98 Å². The molecule has 0 aromatic rings. The number of aliphatic imine (C=N–C) groups is 2. The fraction of sp³-hybridized carbons (Fsp3) is 0.810. The number of carboxylic acids is 2. The van der Waals surface area contributed by atoms with Gasteiger partial charge in [-0.05, 0) is 63.2 Å². The lowest BCUT2D eigenvalue weighted by Gasteiger charge is -2.36. The largest absolute Gasteiger partial charge is 0.481 e. The first-order valence-electron chi connectivity index (χ1n) is 33.9. The second-order valence-electron chi connectivity index (χ2n) is 24.1. The number of nitrogens with two attached hydrogens (primary N) is 4. The molecule has 2 rings (SSSR count). The second kappa shape index (κ2) is 48.4. The first-order valence-corrected chi connectivity index (χ1v) is 33.9. The maximum atomic E-state index is 13.5. The van der Waals surface area contributed by atoms with Crippen molar-refractivity contribution in [2.45, 2.75) is 206 Å². The van der Waals surface area contributed by atoms with Crippen LogP contribution in [-0.4, -0.2) is 210 Å². The smallest absolute Gasteiger partial charge is 0.407 e. The van der Waals surface area contributed by atoms with Gasteiger partial charge in [-0.2, -0.15) is 0 Å². The maximum absolute atomic E-state index is 13.5. The Hall–Kier alpha value is -7.32. The monoisotopic (exact) mass is 1360 g/mol. The van der Waals surface area contributed by atoms with Crippen LogP contribution in [0.5, 0.6) is 0 Å². The SMILES string of the molecule is CCCOCCOCCOCCOCCC(=O)N[C@H](CCC(=O)NCCCCCCNC(=O)O[C@H]1[C@@H]([C@H](NC(C)=O)C(CC)CC)[C@H](N=C(N)N)C[C@@H]1C(=O)O)C(=O)NCC(=O)NCCCCCCNC(=O)O[C@H]1[C@@H]([C@H](NC(C)=O)C(CC)CC)[C@H](N=C(N)N)C[C@@H]1C(=O)O.[3HH]. The molecule has 0 bridgehead atoms. The normalized spacial score (nSPS) is 19.9. The summed E-state index contributed by atoms with van der Waals surface area (Å²) in [5, 5.41) is 42.4. The fourth-order valence-electron chi connectivity index (χ4n) is 12.2. The Morgan fingerprint density at radius 1 is 0.474 bits per heavy atom. The third-order valence-electron chi connectivity index (χ3n) is 16.9. The van der Waals surface area contributed by atoms with E-state index in [1.165, 1.54) is 13.8 Å². The van der Waals surface area contributed by atoms with E-state index in [9.17, 15) is 58.2 Å². The molecular weight excluding hydrogens is 1240 g/mol. The highest BCUT2D eigenvalue weighted by Crippen LogP contribution is 2.43. The molecule has 0 radical (unpaired) electrons. The van der Waals surface area contributed by atoms with Gasteiger partial charge >= 0.3 is 24.1 Å². The van der Waals surface area contributed by atoms with Crippen molar-refractivity contribution in [2.24, 2.45) is 68.4 Å². The quantitative estimate of drug-likeness (QED) is 0.0234. The first-order chi connectivity index (χ1) is 45.4. The number of nitrogens with zero attached hydrogens (tertiary/aromatic N) is 2. The molecule has 2 fully saturated rings. The van der Waals surface area contributed by atoms with Crippen molar-refractivity contribution in [3.05, 3.63) is 0 Å². The average Bonchev–Trinajstić information content (AvgIpc) is 1.62. The van der Waals surface area contributed by atoms with Gasteiger partial charge in [-0.1, -0.05) is 86.0 Å². The maximum Gasteiger partial charge on any atom is 0.407 e. The van der Waals surface area contributed by atoms with E-state index in [4.69, 9.17) is 51.4 Å². The number of carboxylic acid groups (broad SMARTS) is 2. The van der Waals surface area contributed by atoms with E-state index in [1.54, 1.807) is 0 Å². The van der Waals surface area contributed by atoms with Crippen LogP contribution in [0.2, 0.25) is 0 Å². The molecule has 0 unspecified atom stereocenters. The Kier molecular flexibility index (Phi) is 42.7. The van der Waals surface area contributed by atoms with E-state index in [0.29, 0.717) is 117 Å². The number of nitrogens with one attached hydrogen (secondary N) is 8. The lowest BCUT2D eigenvalue weighted by atomic mass is 9.80. The van der Waals surface area contributed by atoms with E-state index in [0.717, 1.165) is 6.42 Å². The minimum atomic E-state index is -1.19. The predicted octanol–water partition coefficient (Wildman–Crippen LogP) is 1.63. The molecule has 2 saturated carbocycles. The molecule has 2 aliphatic rings. The lowest BCUT2D eigenvalue weighted by molar-refractivity contribution is -0.146. The Morgan fingerprint density at radius 3 is 1.22 bits per heavy atom. The third kappa shape index (κ3) is 33.8. The molecule has 95 heavy (non-hydrogen) atoms. The zero-order valence-corrected chi connectivity index (χ0v) is 57.1. The van der Waals surface area contributed by atoms with Crippen molar-refractivity contribution >= 4 is 71.5 Å². The van der Waals surface area contributed by atoms with Gasteiger partial charge in [0.25, 0.3) is 0 Å². The summed E-state index contributed by atoms with van der Waals surface area (Å²) in [4.78, 5) is 137. The van der Waals surface area contributed by atoms with Gasteiger partial charge in [0.1, 0.15) is 18.2 Å². The van der Waals surface area contributed by atoms with Gasteiger partial charge in [0.05, 0.1) is 76.7 Å². The number of aliphatic carboxylic acids is 2. The number of hydrogen-bond acceptors (Lipinski definition) is 18. The fourth-order valence-corrected chi connectivity index (χ4v) is 12.2. The van der Waals surface area contributed by atoms with Crippen molar-refractivity contribution in [1.29, 1.82) is 0 Å². The molecule has 546 valence electrons. The van der Waals surface area contributed by atoms with Crippen LogP contribution in [0.1, 0.15) is 165 Å². The number of hydrogen-bond donors (Lipinski definition) is 14. The van der Waals surface area contributed by atoms with Crippen LogP contribution in [0.4, 0.5) is 9.59 Å². The van der Waals surface area contributed by atoms with Crippen molar-refractivity contribution < 1.29 is 88.0 Å². The minimum absolute atomic E-state index is 0. The predicted molar refractivity (Wildman–Crippen MR) is 355 cm³/mol. The second-order valence-corrected chi connectivity index (χ2v) is 24.1. The topological polar surface area (TPSA) is 492 Å². The highest BCUT2D eigenvalue weighted by Gasteiger charge is 2.55. The number of rotatable bonds is 51. The molecule has 11 atom stereocenters. The number of alkyl carbamates (subject to hydrolysis) is 2. The summed E-state index contributed by atoms with van der Waals surface area (Å²) >= 11 is 0. The molecule has 8 amide bonds. The van der Waals surface area contributed by atoms with Gasteiger partial charge in [-0.3, -0.25) is 38.4 Å². The van der Waals surface area contributed by atoms with Crippen LogP contribution in [-0.2, 0) is 66.8 Å². The Balaban J connectivity index is 0.0000461. The standard InChI is InChI=1S/C63H114N14O18.H2/c1-8-28-90-30-32-92-34-35-93-33-31-91-29-23-49(81)75-45(21-22-48(80)68-24-17-13-15-19-26-70-62(88)94-55-43(58(84)85)36-46(76-60(64)65)51(55)53(73-39(6)78)41(9-2)10-3)57(83)72-38-50(82)69-25-18-14-16-20-27-71-63(89)95-56-44(59(86)87)37-47(77-61(66)67)52(56)54(74-40(7)79)42(11-4)12-5;/h41-47,51-56H,8-38H2,1-7H3,(H,68,80)(H,69,82)(H,70,88)(H,71,89)(H,72,83)(H,73,78)(H,74,79)(H,75,81)(H,84,85)(H,86,87)(H4,64,65,76)(H4,66,67,77);1H/t43-,44-,45+,46+,47+,51+,52+,53+,54+,55+,56+;/m0./s1/i;1+2. The van der Waals surface area contributed by atoms with Gasteiger partial charge in [-0.25, -0.2) is 19.6 Å². The molecule has 0 aromatic heterocycles. The van der Waals surface area contributed by atoms with Gasteiger partial charge in [-0.15, -0.1) is 0 Å². The minimum Gasteiger partial charge on any atom is -0.481 e. The highest BCUT2D eigenvalue weighted by atomic mass is 16.6. The van der Waals surface area contributed by atoms with E-state index in [2.05, 4.69) is 52.5 Å². The van der Waals surface area contributed by atoms with E-state index >= 15 is 0 Å². The van der Waals surface area contributed by atoms with E-state index in [-0.39, 0.29) is 114 Å². The molecule has 0 saturated heterocycles. The number of amides is 8. The number of carbonyl (C=O) groups is 10. The zero-order valence-electron chi connectivity index (χ0n) is 57.1. The van der Waals surface area contributed by atoms with E-state index < -0.39 is 114 Å². The van der Waals surface area contributed by atoms with Crippen LogP contribution >= 0.6 is 0 Å². The van der Waals surface area contributed by atoms with Crippen molar-refractivity contribution in [3.63, 3.8) is 0 Å². The molecular formula is C63H116N14O18. The van der Waals surface area contributed by atoms with Gasteiger partial charge in [0.15, 0.2) is 11.9 Å². The van der Waals surface area contributed by atoms with Crippen molar-refractivity contribution in [3.8, 4) is 0 Å². The zero-order chi connectivity index (χ0) is 70.7. The average molecular weight is 1360 g/mol. The Morgan fingerprint density at radius 2 is 0.853 bits per heavy atom. The summed E-state index contributed by atoms with van der Waals surface area (Å²) in [7, 11) is 0. The Bertz CT molecular complexity index is 2400. The summed E-state index contributed by atoms with van der Waals surface area (Å²) in [5.41, 5.74) is 23.0. The first kappa shape index (κ1) is 83.8. The van der Waals surface area contributed by atoms with Gasteiger partial charge < -0.3 is 104 Å². The van der Waals surface area contributed by atoms with Crippen molar-refractivity contribution in [2.75, 3.05) is 85.6 Å². The summed E-state index contributed by atoms with van der Waals surface area (Å²) in [5.74, 6) is -9.47. The van der Waals surface area contributed by atoms with Crippen LogP contribution in [0.3, 0.4) is 0 Å². The molecule has 0 heterocycles. The molecule has 2 aliphatic carbocycles. The van der Waals surface area contributed by atoms with Gasteiger partial charge in [0.2, 0.25) is 35.4 Å². The molecule has 0 spiro atoms. The lowest BCUT2D eigenvalue weighted by Crippen LogP contribution is -2.52. The summed E-state index contributed by atoms with van der Waals surface area (Å²) in [6, 6.07) is -3.79. The number of ether oxygens (including phenoxy) is 6. The third-order valence-corrected chi connectivity index (χ3v) is 16.9. The molecule has 0 aromatic carbocycles. The Labute approximate surface area is 560 Å². The molecule has 32 nitrogen and oxygen atoms in total. The summed E-state index contributed by atoms with van der Waals surface area (Å²) in [6.07, 6.45) is 4.12. The van der Waals surface area contributed by atoms with Crippen LogP contribution in [0, 0.1) is 35.5 Å². The van der Waals surface area contributed by atoms with E-state index in [1.807, 2.05) is 34.6 Å². The number of unbranched alkanes of at least 4 members (excludes halogenated alkanes) is 6. The molecule has 18 N–H and O–H groups in total. The highest BCUT2D eigenvalue weighted by molar-refractivity contribution is 5.91. The van der Waals surface area contributed by atoms with Crippen LogP contribution < -0.4 is 65.5 Å². The van der Waals surface area contributed by atoms with Gasteiger partial charge in [0, 0.05) is 84.8 Å². The van der Waals surface area contributed by atoms with Crippen LogP contribution in [0.25, 0.3) is 0 Å². The summed E-state index contributed by atoms with van der Waals surface area (Å²) in [6.45, 7) is 16.0. The molecule has 0 aliphatic heterocycles. The number of carbonyl (C=O) groups excluding carboxylic acids is 8.